The lowest BCUT2D eigenvalue weighted by atomic mass is 10.1. The normalized spacial score (nSPS) is 12.2. The second-order valence-corrected chi connectivity index (χ2v) is 5.58. The Labute approximate surface area is 128 Å². The Balaban J connectivity index is 2.23. The van der Waals surface area contributed by atoms with Gasteiger partial charge in [-0.05, 0) is 59.6 Å². The van der Waals surface area contributed by atoms with Crippen molar-refractivity contribution in [3.05, 3.63) is 58.3 Å². The average molecular weight is 335 g/mol. The number of nitrogens with zero attached hydrogens (tertiary/aromatic N) is 2. The fourth-order valence-electron chi connectivity index (χ4n) is 2.09. The molecular formula is C16H19BrN2O. The summed E-state index contributed by atoms with van der Waals surface area (Å²) >= 11 is 3.60. The standard InChI is InChI=1S/C16H19BrN2O/c1-3-19(11-14-6-4-5-9-18-14)16-8-7-13(12(2)20)10-15(16)17/h4-10,12,20H,3,11H2,1-2H3/t12-/m1/s1. The molecule has 0 aliphatic heterocycles. The molecule has 106 valence electrons. The molecule has 1 aromatic heterocycles. The highest BCUT2D eigenvalue weighted by Gasteiger charge is 2.11. The maximum atomic E-state index is 9.63. The molecule has 0 saturated heterocycles. The molecule has 0 radical (unpaired) electrons. The smallest absolute Gasteiger partial charge is 0.0762 e. The van der Waals surface area contributed by atoms with Crippen LogP contribution in [-0.2, 0) is 6.54 Å². The van der Waals surface area contributed by atoms with Gasteiger partial charge < -0.3 is 10.0 Å². The minimum Gasteiger partial charge on any atom is -0.389 e. The predicted molar refractivity (Wildman–Crippen MR) is 85.7 cm³/mol. The number of anilines is 1. The number of hydrogen-bond donors (Lipinski definition) is 1. The fraction of sp³-hybridized carbons (Fsp3) is 0.312. The molecular weight excluding hydrogens is 316 g/mol. The van der Waals surface area contributed by atoms with Crippen molar-refractivity contribution in [2.75, 3.05) is 11.4 Å². The molecule has 0 saturated carbocycles. The summed E-state index contributed by atoms with van der Waals surface area (Å²) in [7, 11) is 0. The Bertz CT molecular complexity index is 558. The zero-order chi connectivity index (χ0) is 14.5. The van der Waals surface area contributed by atoms with Crippen molar-refractivity contribution in [2.45, 2.75) is 26.5 Å². The van der Waals surface area contributed by atoms with E-state index >= 15 is 0 Å². The topological polar surface area (TPSA) is 36.4 Å². The molecule has 0 bridgehead atoms. The van der Waals surface area contributed by atoms with Crippen LogP contribution in [0.2, 0.25) is 0 Å². The molecule has 4 heteroatoms. The highest BCUT2D eigenvalue weighted by Crippen LogP contribution is 2.30. The maximum Gasteiger partial charge on any atom is 0.0762 e. The van der Waals surface area contributed by atoms with Crippen molar-refractivity contribution >= 4 is 21.6 Å². The largest absolute Gasteiger partial charge is 0.389 e. The van der Waals surface area contributed by atoms with Crippen LogP contribution in [0.4, 0.5) is 5.69 Å². The van der Waals surface area contributed by atoms with Crippen molar-refractivity contribution in [3.8, 4) is 0 Å². The van der Waals surface area contributed by atoms with Crippen LogP contribution in [0.15, 0.2) is 47.1 Å². The molecule has 3 nitrogen and oxygen atoms in total. The van der Waals surface area contributed by atoms with E-state index in [1.165, 1.54) is 0 Å². The van der Waals surface area contributed by atoms with Gasteiger partial charge in [0.25, 0.3) is 0 Å². The molecule has 20 heavy (non-hydrogen) atoms. The van der Waals surface area contributed by atoms with E-state index in [1.807, 2.05) is 42.6 Å². The zero-order valence-corrected chi connectivity index (χ0v) is 13.3. The first kappa shape index (κ1) is 15.0. The van der Waals surface area contributed by atoms with Gasteiger partial charge in [0, 0.05) is 17.2 Å². The van der Waals surface area contributed by atoms with E-state index in [1.54, 1.807) is 6.92 Å². The zero-order valence-electron chi connectivity index (χ0n) is 11.8. The van der Waals surface area contributed by atoms with E-state index in [2.05, 4.69) is 32.7 Å². The molecule has 0 unspecified atom stereocenters. The molecule has 0 amide bonds. The first-order valence-corrected chi connectivity index (χ1v) is 7.53. The summed E-state index contributed by atoms with van der Waals surface area (Å²) in [5.41, 5.74) is 3.07. The fourth-order valence-corrected chi connectivity index (χ4v) is 2.74. The van der Waals surface area contributed by atoms with Crippen molar-refractivity contribution < 1.29 is 5.11 Å². The van der Waals surface area contributed by atoms with Gasteiger partial charge in [0.1, 0.15) is 0 Å². The number of halogens is 1. The van der Waals surface area contributed by atoms with Crippen molar-refractivity contribution in [2.24, 2.45) is 0 Å². The van der Waals surface area contributed by atoms with Crippen LogP contribution in [-0.4, -0.2) is 16.6 Å². The maximum absolute atomic E-state index is 9.63. The van der Waals surface area contributed by atoms with Gasteiger partial charge in [0.15, 0.2) is 0 Å². The second-order valence-electron chi connectivity index (χ2n) is 4.72. The predicted octanol–water partition coefficient (Wildman–Crippen LogP) is 3.92. The third-order valence-corrected chi connectivity index (χ3v) is 3.89. The first-order chi connectivity index (χ1) is 9.61. The van der Waals surface area contributed by atoms with Crippen molar-refractivity contribution in [1.82, 2.24) is 4.98 Å². The van der Waals surface area contributed by atoms with Crippen LogP contribution in [0.5, 0.6) is 0 Å². The number of rotatable bonds is 5. The number of aliphatic hydroxyl groups excluding tert-OH is 1. The average Bonchev–Trinajstić information content (AvgIpc) is 2.46. The lowest BCUT2D eigenvalue weighted by Gasteiger charge is -2.24. The van der Waals surface area contributed by atoms with Gasteiger partial charge in [-0.3, -0.25) is 4.98 Å². The van der Waals surface area contributed by atoms with Crippen LogP contribution in [0.1, 0.15) is 31.2 Å². The molecule has 2 aromatic rings. The van der Waals surface area contributed by atoms with E-state index in [4.69, 9.17) is 0 Å². The van der Waals surface area contributed by atoms with Gasteiger partial charge in [0.2, 0.25) is 0 Å². The van der Waals surface area contributed by atoms with E-state index < -0.39 is 6.10 Å². The van der Waals surface area contributed by atoms with Gasteiger partial charge in [-0.15, -0.1) is 0 Å². The van der Waals surface area contributed by atoms with Gasteiger partial charge >= 0.3 is 0 Å². The number of benzene rings is 1. The molecule has 0 aliphatic carbocycles. The highest BCUT2D eigenvalue weighted by atomic mass is 79.9. The SMILES string of the molecule is CCN(Cc1ccccn1)c1ccc([C@@H](C)O)cc1Br. The van der Waals surface area contributed by atoms with Crippen LogP contribution >= 0.6 is 15.9 Å². The Kier molecular flexibility index (Phi) is 5.15. The molecule has 0 fully saturated rings. The summed E-state index contributed by atoms with van der Waals surface area (Å²) in [5, 5.41) is 9.63. The minimum absolute atomic E-state index is 0.453. The van der Waals surface area contributed by atoms with Crippen molar-refractivity contribution in [3.63, 3.8) is 0 Å². The van der Waals surface area contributed by atoms with Crippen LogP contribution in [0.25, 0.3) is 0 Å². The number of hydrogen-bond acceptors (Lipinski definition) is 3. The Morgan fingerprint density at radius 1 is 1.30 bits per heavy atom. The molecule has 0 aliphatic rings. The number of aliphatic hydroxyl groups is 1. The Hall–Kier alpha value is -1.39. The van der Waals surface area contributed by atoms with E-state index in [9.17, 15) is 5.11 Å². The lowest BCUT2D eigenvalue weighted by Crippen LogP contribution is -2.23. The van der Waals surface area contributed by atoms with E-state index in [-0.39, 0.29) is 0 Å². The van der Waals surface area contributed by atoms with Crippen LogP contribution < -0.4 is 4.90 Å². The summed E-state index contributed by atoms with van der Waals surface area (Å²) in [4.78, 5) is 6.62. The number of aromatic nitrogens is 1. The van der Waals surface area contributed by atoms with Gasteiger partial charge in [-0.2, -0.15) is 0 Å². The summed E-state index contributed by atoms with van der Waals surface area (Å²) in [6.45, 7) is 5.55. The van der Waals surface area contributed by atoms with E-state index in [0.717, 1.165) is 34.5 Å². The molecule has 0 spiro atoms. The second kappa shape index (κ2) is 6.86. The number of pyridine rings is 1. The van der Waals surface area contributed by atoms with E-state index in [0.29, 0.717) is 0 Å². The summed E-state index contributed by atoms with van der Waals surface area (Å²) in [5.74, 6) is 0. The van der Waals surface area contributed by atoms with Gasteiger partial charge in [-0.1, -0.05) is 12.1 Å². The van der Waals surface area contributed by atoms with Crippen LogP contribution in [0, 0.1) is 0 Å². The van der Waals surface area contributed by atoms with Crippen LogP contribution in [0.3, 0.4) is 0 Å². The molecule has 1 N–H and O–H groups in total. The molecule has 1 atom stereocenters. The monoisotopic (exact) mass is 334 g/mol. The summed E-state index contributed by atoms with van der Waals surface area (Å²) in [6, 6.07) is 11.9. The summed E-state index contributed by atoms with van der Waals surface area (Å²) < 4.78 is 0.994. The summed E-state index contributed by atoms with van der Waals surface area (Å²) in [6.07, 6.45) is 1.36. The minimum atomic E-state index is -0.453. The van der Waals surface area contributed by atoms with Crippen molar-refractivity contribution in [1.29, 1.82) is 0 Å². The lowest BCUT2D eigenvalue weighted by molar-refractivity contribution is 0.199. The highest BCUT2D eigenvalue weighted by molar-refractivity contribution is 9.10. The van der Waals surface area contributed by atoms with Gasteiger partial charge in [0.05, 0.1) is 24.0 Å². The first-order valence-electron chi connectivity index (χ1n) is 6.74. The van der Waals surface area contributed by atoms with Gasteiger partial charge in [-0.25, -0.2) is 0 Å². The quantitative estimate of drug-likeness (QED) is 0.900. The molecule has 2 rings (SSSR count). The Morgan fingerprint density at radius 3 is 2.65 bits per heavy atom. The molecule has 1 aromatic carbocycles. The Morgan fingerprint density at radius 2 is 2.10 bits per heavy atom. The third kappa shape index (κ3) is 3.58. The molecule has 1 heterocycles. The third-order valence-electron chi connectivity index (χ3n) is 3.26.